The van der Waals surface area contributed by atoms with Crippen LogP contribution in [0.25, 0.3) is 0 Å². The number of carboxylic acids is 1. The zero-order valence-corrected chi connectivity index (χ0v) is 22.9. The van der Waals surface area contributed by atoms with Crippen LogP contribution < -0.4 is 0 Å². The highest BCUT2D eigenvalue weighted by Crippen LogP contribution is 2.47. The zero-order valence-electron chi connectivity index (χ0n) is 21.3. The Hall–Kier alpha value is -1.59. The predicted molar refractivity (Wildman–Crippen MR) is 148 cm³/mol. The van der Waals surface area contributed by atoms with E-state index in [2.05, 4.69) is 79.1 Å². The van der Waals surface area contributed by atoms with Gasteiger partial charge in [-0.2, -0.15) is 0 Å². The molecule has 4 atom stereocenters. The predicted octanol–water partition coefficient (Wildman–Crippen LogP) is 6.38. The maximum Gasteiger partial charge on any atom is 0.325 e. The standard InChI is InChI=1S/C29H40N2O2.2ClH/c1-22(2)26-15-14-23(3)18-27(26)29(28(32)33)21-30(19-24-10-6-4-7-11-24)16-17-31(29)20-25-12-8-5-9-13-25;;/h4-13,22-23,26-27H,14-21H2,1-3H3,(H,32,33);2*1H/t23?,26?,27?,29-;;/m1../s1. The monoisotopic (exact) mass is 520 g/mol. The highest BCUT2D eigenvalue weighted by Gasteiger charge is 2.56. The van der Waals surface area contributed by atoms with Crippen molar-refractivity contribution in [1.29, 1.82) is 0 Å². The fraction of sp³-hybridized carbons (Fsp3) is 0.552. The molecule has 1 saturated heterocycles. The lowest BCUT2D eigenvalue weighted by atomic mass is 9.61. The molecular weight excluding hydrogens is 479 g/mol. The summed E-state index contributed by atoms with van der Waals surface area (Å²) in [6, 6.07) is 20.9. The van der Waals surface area contributed by atoms with Gasteiger partial charge in [-0.3, -0.25) is 14.6 Å². The Bertz CT molecular complexity index is 911. The lowest BCUT2D eigenvalue weighted by molar-refractivity contribution is -0.171. The molecule has 3 unspecified atom stereocenters. The molecule has 0 spiro atoms. The van der Waals surface area contributed by atoms with E-state index in [0.29, 0.717) is 30.8 Å². The summed E-state index contributed by atoms with van der Waals surface area (Å²) in [4.78, 5) is 18.1. The Morgan fingerprint density at radius 3 is 2.06 bits per heavy atom. The largest absolute Gasteiger partial charge is 0.480 e. The van der Waals surface area contributed by atoms with Gasteiger partial charge in [0.2, 0.25) is 0 Å². The molecule has 0 aromatic heterocycles. The van der Waals surface area contributed by atoms with E-state index in [4.69, 9.17) is 0 Å². The van der Waals surface area contributed by atoms with Gasteiger partial charge in [0, 0.05) is 32.7 Å². The number of carboxylic acid groups (broad SMARTS) is 1. The molecule has 2 aliphatic rings. The van der Waals surface area contributed by atoms with Crippen LogP contribution in [0.2, 0.25) is 0 Å². The van der Waals surface area contributed by atoms with Gasteiger partial charge in [-0.15, -0.1) is 24.8 Å². The average molecular weight is 522 g/mol. The van der Waals surface area contributed by atoms with E-state index < -0.39 is 11.5 Å². The Labute approximate surface area is 223 Å². The van der Waals surface area contributed by atoms with E-state index >= 15 is 0 Å². The van der Waals surface area contributed by atoms with E-state index in [1.54, 1.807) is 0 Å². The number of halogens is 2. The highest BCUT2D eigenvalue weighted by molar-refractivity contribution is 5.85. The van der Waals surface area contributed by atoms with Crippen LogP contribution in [-0.4, -0.2) is 46.0 Å². The van der Waals surface area contributed by atoms with Crippen LogP contribution in [0.15, 0.2) is 60.7 Å². The normalized spacial score (nSPS) is 27.6. The molecule has 0 bridgehead atoms. The molecule has 4 nitrogen and oxygen atoms in total. The van der Waals surface area contributed by atoms with Gasteiger partial charge in [0.1, 0.15) is 5.54 Å². The van der Waals surface area contributed by atoms with Crippen molar-refractivity contribution in [2.75, 3.05) is 19.6 Å². The summed E-state index contributed by atoms with van der Waals surface area (Å²) in [7, 11) is 0. The number of aliphatic carboxylic acids is 1. The van der Waals surface area contributed by atoms with Gasteiger partial charge in [0.25, 0.3) is 0 Å². The third kappa shape index (κ3) is 6.60. The minimum Gasteiger partial charge on any atom is -0.480 e. The molecule has 6 heteroatoms. The van der Waals surface area contributed by atoms with E-state index in [-0.39, 0.29) is 30.7 Å². The second kappa shape index (κ2) is 13.1. The lowest BCUT2D eigenvalue weighted by Crippen LogP contribution is -2.70. The first-order chi connectivity index (χ1) is 15.9. The van der Waals surface area contributed by atoms with Crippen LogP contribution in [0.5, 0.6) is 0 Å². The fourth-order valence-electron chi connectivity index (χ4n) is 6.45. The minimum atomic E-state index is -0.869. The number of rotatable bonds is 7. The number of piperazine rings is 1. The molecule has 4 rings (SSSR count). The van der Waals surface area contributed by atoms with E-state index in [0.717, 1.165) is 32.5 Å². The molecular formula is C29H42Cl2N2O2. The Morgan fingerprint density at radius 2 is 1.51 bits per heavy atom. The second-order valence-corrected chi connectivity index (χ2v) is 10.8. The smallest absolute Gasteiger partial charge is 0.325 e. The summed E-state index contributed by atoms with van der Waals surface area (Å²) < 4.78 is 0. The van der Waals surface area contributed by atoms with E-state index in [1.807, 2.05) is 12.1 Å². The number of carbonyl (C=O) groups is 1. The van der Waals surface area contributed by atoms with Crippen LogP contribution in [0, 0.1) is 23.7 Å². The number of hydrogen-bond donors (Lipinski definition) is 1. The number of nitrogens with zero attached hydrogens (tertiary/aromatic N) is 2. The Kier molecular flexibility index (Phi) is 11.1. The first kappa shape index (κ1) is 29.6. The van der Waals surface area contributed by atoms with Crippen molar-refractivity contribution in [1.82, 2.24) is 9.80 Å². The van der Waals surface area contributed by atoms with E-state index in [9.17, 15) is 9.90 Å². The molecule has 194 valence electrons. The third-order valence-electron chi connectivity index (χ3n) is 8.19. The van der Waals surface area contributed by atoms with Crippen LogP contribution in [0.3, 0.4) is 0 Å². The van der Waals surface area contributed by atoms with Crippen LogP contribution in [-0.2, 0) is 17.9 Å². The molecule has 1 N–H and O–H groups in total. The van der Waals surface area contributed by atoms with Gasteiger partial charge < -0.3 is 5.11 Å². The second-order valence-electron chi connectivity index (χ2n) is 10.8. The van der Waals surface area contributed by atoms with Gasteiger partial charge in [-0.05, 0) is 47.6 Å². The molecule has 1 aliphatic heterocycles. The minimum absolute atomic E-state index is 0. The number of hydrogen-bond acceptors (Lipinski definition) is 3. The summed E-state index contributed by atoms with van der Waals surface area (Å²) in [6.45, 7) is 10.7. The molecule has 1 aliphatic carbocycles. The molecule has 2 aromatic rings. The molecule has 2 fully saturated rings. The SMILES string of the molecule is CC1CCC(C(C)C)C([C@@]2(C(=O)O)CN(Cc3ccccc3)CCN2Cc2ccccc2)C1.Cl.Cl. The highest BCUT2D eigenvalue weighted by atomic mass is 35.5. The summed E-state index contributed by atoms with van der Waals surface area (Å²) in [5.74, 6) is 1.01. The quantitative estimate of drug-likeness (QED) is 0.459. The van der Waals surface area contributed by atoms with Gasteiger partial charge in [-0.25, -0.2) is 0 Å². The molecule has 0 radical (unpaired) electrons. The summed E-state index contributed by atoms with van der Waals surface area (Å²) >= 11 is 0. The van der Waals surface area contributed by atoms with Gasteiger partial charge in [0.05, 0.1) is 0 Å². The van der Waals surface area contributed by atoms with Crippen molar-refractivity contribution < 1.29 is 9.90 Å². The van der Waals surface area contributed by atoms with Crippen molar-refractivity contribution in [3.63, 3.8) is 0 Å². The van der Waals surface area contributed by atoms with Gasteiger partial charge >= 0.3 is 5.97 Å². The Morgan fingerprint density at radius 1 is 0.943 bits per heavy atom. The topological polar surface area (TPSA) is 43.8 Å². The maximum absolute atomic E-state index is 13.4. The van der Waals surface area contributed by atoms with Crippen molar-refractivity contribution in [3.05, 3.63) is 71.8 Å². The molecule has 35 heavy (non-hydrogen) atoms. The molecule has 1 saturated carbocycles. The summed E-state index contributed by atoms with van der Waals surface area (Å²) in [5.41, 5.74) is 1.59. The van der Waals surface area contributed by atoms with Crippen molar-refractivity contribution in [3.8, 4) is 0 Å². The van der Waals surface area contributed by atoms with Crippen molar-refractivity contribution >= 4 is 30.8 Å². The van der Waals surface area contributed by atoms with Gasteiger partial charge in [-0.1, -0.05) is 87.9 Å². The maximum atomic E-state index is 13.4. The Balaban J connectivity index is 0.00000216. The van der Waals surface area contributed by atoms with Crippen LogP contribution >= 0.6 is 24.8 Å². The number of benzene rings is 2. The first-order valence-corrected chi connectivity index (χ1v) is 12.7. The first-order valence-electron chi connectivity index (χ1n) is 12.7. The average Bonchev–Trinajstić information content (AvgIpc) is 2.81. The molecule has 1 heterocycles. The summed E-state index contributed by atoms with van der Waals surface area (Å²) in [5, 5.41) is 11.0. The third-order valence-corrected chi connectivity index (χ3v) is 8.19. The molecule has 0 amide bonds. The van der Waals surface area contributed by atoms with E-state index in [1.165, 1.54) is 17.5 Å². The van der Waals surface area contributed by atoms with Crippen molar-refractivity contribution in [2.24, 2.45) is 23.7 Å². The lowest BCUT2D eigenvalue weighted by Gasteiger charge is -2.56. The fourth-order valence-corrected chi connectivity index (χ4v) is 6.45. The van der Waals surface area contributed by atoms with Crippen LogP contribution in [0.4, 0.5) is 0 Å². The van der Waals surface area contributed by atoms with Gasteiger partial charge in [0.15, 0.2) is 0 Å². The summed E-state index contributed by atoms with van der Waals surface area (Å²) in [6.07, 6.45) is 3.34. The van der Waals surface area contributed by atoms with Crippen molar-refractivity contribution in [2.45, 2.75) is 58.7 Å². The van der Waals surface area contributed by atoms with Crippen LogP contribution in [0.1, 0.15) is 51.2 Å². The molecule has 2 aromatic carbocycles. The zero-order chi connectivity index (χ0) is 23.4.